The molecule has 0 heterocycles. The van der Waals surface area contributed by atoms with E-state index >= 15 is 0 Å². The van der Waals surface area contributed by atoms with E-state index in [9.17, 15) is 0 Å². The Morgan fingerprint density at radius 1 is 1.29 bits per heavy atom. The van der Waals surface area contributed by atoms with Crippen LogP contribution in [0, 0.1) is 0 Å². The Hall–Kier alpha value is -0.210. The van der Waals surface area contributed by atoms with Gasteiger partial charge in [-0.3, -0.25) is 0 Å². The van der Waals surface area contributed by atoms with Crippen molar-refractivity contribution in [3.63, 3.8) is 0 Å². The lowest BCUT2D eigenvalue weighted by atomic mass is 10.2. The van der Waals surface area contributed by atoms with E-state index in [1.165, 1.54) is 25.7 Å². The molecule has 0 unspecified atom stereocenters. The van der Waals surface area contributed by atoms with Crippen molar-refractivity contribution in [2.24, 2.45) is 0 Å². The molecule has 1 aromatic rings. The third-order valence-electron chi connectivity index (χ3n) is 2.64. The fourth-order valence-electron chi connectivity index (χ4n) is 1.90. The van der Waals surface area contributed by atoms with E-state index in [0.29, 0.717) is 6.04 Å². The molecule has 1 aliphatic carbocycles. The minimum atomic E-state index is 0.613. The smallest absolute Gasteiger partial charge is 0.0638 e. The van der Waals surface area contributed by atoms with Crippen molar-refractivity contribution in [3.8, 4) is 0 Å². The van der Waals surface area contributed by atoms with Crippen LogP contribution in [-0.4, -0.2) is 6.04 Å². The number of anilines is 1. The van der Waals surface area contributed by atoms with Gasteiger partial charge in [0, 0.05) is 10.5 Å². The summed E-state index contributed by atoms with van der Waals surface area (Å²) >= 11 is 9.54. The van der Waals surface area contributed by atoms with Crippen molar-refractivity contribution in [1.29, 1.82) is 0 Å². The Morgan fingerprint density at radius 2 is 2.00 bits per heavy atom. The van der Waals surface area contributed by atoms with Gasteiger partial charge < -0.3 is 5.32 Å². The maximum Gasteiger partial charge on any atom is 0.0638 e. The van der Waals surface area contributed by atoms with Crippen LogP contribution in [-0.2, 0) is 0 Å². The van der Waals surface area contributed by atoms with Crippen LogP contribution < -0.4 is 5.32 Å². The molecule has 0 spiro atoms. The van der Waals surface area contributed by atoms with Crippen LogP contribution in [0.5, 0.6) is 0 Å². The number of hydrogen-bond acceptors (Lipinski definition) is 1. The Bertz CT molecular complexity index is 321. The third kappa shape index (κ3) is 2.43. The van der Waals surface area contributed by atoms with Gasteiger partial charge in [-0.1, -0.05) is 40.4 Å². The molecule has 0 bridgehead atoms. The van der Waals surface area contributed by atoms with Crippen LogP contribution in [0.25, 0.3) is 0 Å². The molecule has 1 aromatic carbocycles. The number of nitrogens with one attached hydrogen (secondary N) is 1. The second-order valence-electron chi connectivity index (χ2n) is 3.75. The topological polar surface area (TPSA) is 12.0 Å². The molecule has 0 saturated heterocycles. The largest absolute Gasteiger partial charge is 0.381 e. The van der Waals surface area contributed by atoms with E-state index < -0.39 is 0 Å². The van der Waals surface area contributed by atoms with Gasteiger partial charge in [0.1, 0.15) is 0 Å². The normalized spacial score (nSPS) is 17.3. The van der Waals surface area contributed by atoms with Crippen molar-refractivity contribution in [1.82, 2.24) is 0 Å². The predicted molar refractivity (Wildman–Crippen MR) is 65.0 cm³/mol. The zero-order valence-corrected chi connectivity index (χ0v) is 10.2. The maximum atomic E-state index is 6.09. The summed E-state index contributed by atoms with van der Waals surface area (Å²) in [6.45, 7) is 0. The average Bonchev–Trinajstić information content (AvgIpc) is 2.64. The zero-order chi connectivity index (χ0) is 9.97. The maximum absolute atomic E-state index is 6.09. The second kappa shape index (κ2) is 4.54. The first-order chi connectivity index (χ1) is 6.75. The van der Waals surface area contributed by atoms with Crippen molar-refractivity contribution in [2.45, 2.75) is 31.7 Å². The van der Waals surface area contributed by atoms with Gasteiger partial charge in [-0.25, -0.2) is 0 Å². The van der Waals surface area contributed by atoms with E-state index in [0.717, 1.165) is 15.2 Å². The summed E-state index contributed by atoms with van der Waals surface area (Å²) in [5.41, 5.74) is 1.05. The van der Waals surface area contributed by atoms with Crippen LogP contribution in [0.1, 0.15) is 25.7 Å². The summed E-state index contributed by atoms with van der Waals surface area (Å²) in [7, 11) is 0. The molecule has 0 radical (unpaired) electrons. The molecule has 1 aliphatic rings. The van der Waals surface area contributed by atoms with Crippen LogP contribution in [0.4, 0.5) is 5.69 Å². The van der Waals surface area contributed by atoms with Crippen molar-refractivity contribution in [2.75, 3.05) is 5.32 Å². The summed E-state index contributed by atoms with van der Waals surface area (Å²) in [5, 5.41) is 4.29. The fourth-order valence-corrected chi connectivity index (χ4v) is 2.43. The lowest BCUT2D eigenvalue weighted by Gasteiger charge is -2.14. The number of hydrogen-bond donors (Lipinski definition) is 1. The number of halogens is 2. The minimum Gasteiger partial charge on any atom is -0.381 e. The monoisotopic (exact) mass is 273 g/mol. The average molecular weight is 275 g/mol. The van der Waals surface area contributed by atoms with Crippen LogP contribution in [0.2, 0.25) is 5.02 Å². The Balaban J connectivity index is 2.10. The zero-order valence-electron chi connectivity index (χ0n) is 7.89. The highest BCUT2D eigenvalue weighted by molar-refractivity contribution is 9.10. The third-order valence-corrected chi connectivity index (χ3v) is 3.47. The van der Waals surface area contributed by atoms with Gasteiger partial charge in [0.05, 0.1) is 10.7 Å². The molecule has 0 amide bonds. The molecule has 14 heavy (non-hydrogen) atoms. The van der Waals surface area contributed by atoms with Gasteiger partial charge in [0.15, 0.2) is 0 Å². The van der Waals surface area contributed by atoms with Crippen LogP contribution >= 0.6 is 27.5 Å². The molecule has 2 rings (SSSR count). The van der Waals surface area contributed by atoms with Crippen LogP contribution in [0.3, 0.4) is 0 Å². The minimum absolute atomic E-state index is 0.613. The van der Waals surface area contributed by atoms with Gasteiger partial charge in [0.2, 0.25) is 0 Å². The van der Waals surface area contributed by atoms with E-state index in [1.807, 2.05) is 18.2 Å². The molecular formula is C11H13BrClN. The molecule has 0 aliphatic heterocycles. The first kappa shape index (κ1) is 10.3. The SMILES string of the molecule is Clc1ccc(Br)cc1NC1CCCC1. The Labute approximate surface area is 98.0 Å². The first-order valence-corrected chi connectivity index (χ1v) is 6.14. The van der Waals surface area contributed by atoms with Crippen molar-refractivity contribution >= 4 is 33.2 Å². The van der Waals surface area contributed by atoms with Crippen molar-refractivity contribution < 1.29 is 0 Å². The summed E-state index contributed by atoms with van der Waals surface area (Å²) in [6.07, 6.45) is 5.21. The molecule has 1 nitrogen and oxygen atoms in total. The molecule has 1 saturated carbocycles. The van der Waals surface area contributed by atoms with Gasteiger partial charge >= 0.3 is 0 Å². The second-order valence-corrected chi connectivity index (χ2v) is 5.07. The standard InChI is InChI=1S/C11H13BrClN/c12-8-5-6-10(13)11(7-8)14-9-3-1-2-4-9/h5-7,9,14H,1-4H2. The van der Waals surface area contributed by atoms with Gasteiger partial charge in [-0.05, 0) is 31.0 Å². The highest BCUT2D eigenvalue weighted by Gasteiger charge is 2.15. The lowest BCUT2D eigenvalue weighted by Crippen LogP contribution is -2.14. The molecular weight excluding hydrogens is 261 g/mol. The fraction of sp³-hybridized carbons (Fsp3) is 0.455. The highest BCUT2D eigenvalue weighted by atomic mass is 79.9. The Morgan fingerprint density at radius 3 is 2.71 bits per heavy atom. The molecule has 1 fully saturated rings. The van der Waals surface area contributed by atoms with E-state index in [2.05, 4.69) is 21.2 Å². The van der Waals surface area contributed by atoms with E-state index in [-0.39, 0.29) is 0 Å². The molecule has 0 atom stereocenters. The summed E-state index contributed by atoms with van der Waals surface area (Å²) < 4.78 is 1.07. The Kier molecular flexibility index (Phi) is 3.34. The molecule has 3 heteroatoms. The molecule has 76 valence electrons. The molecule has 0 aromatic heterocycles. The number of benzene rings is 1. The van der Waals surface area contributed by atoms with E-state index in [4.69, 9.17) is 11.6 Å². The number of rotatable bonds is 2. The van der Waals surface area contributed by atoms with Crippen molar-refractivity contribution in [3.05, 3.63) is 27.7 Å². The summed E-state index contributed by atoms with van der Waals surface area (Å²) in [5.74, 6) is 0. The predicted octanol–water partition coefficient (Wildman–Crippen LogP) is 4.46. The quantitative estimate of drug-likeness (QED) is 0.840. The van der Waals surface area contributed by atoms with E-state index in [1.54, 1.807) is 0 Å². The lowest BCUT2D eigenvalue weighted by molar-refractivity contribution is 0.755. The first-order valence-electron chi connectivity index (χ1n) is 4.97. The van der Waals surface area contributed by atoms with Gasteiger partial charge in [-0.15, -0.1) is 0 Å². The summed E-state index contributed by atoms with van der Waals surface area (Å²) in [4.78, 5) is 0. The van der Waals surface area contributed by atoms with Crippen LogP contribution in [0.15, 0.2) is 22.7 Å². The molecule has 1 N–H and O–H groups in total. The van der Waals surface area contributed by atoms with Gasteiger partial charge in [-0.2, -0.15) is 0 Å². The highest BCUT2D eigenvalue weighted by Crippen LogP contribution is 2.29. The summed E-state index contributed by atoms with van der Waals surface area (Å²) in [6, 6.07) is 6.54. The van der Waals surface area contributed by atoms with Gasteiger partial charge in [0.25, 0.3) is 0 Å².